The van der Waals surface area contributed by atoms with E-state index in [4.69, 9.17) is 5.73 Å². The molecule has 3 aromatic rings. The molecule has 0 amide bonds. The first-order valence-electron chi connectivity index (χ1n) is 8.10. The topological polar surface area (TPSA) is 78.7 Å². The van der Waals surface area contributed by atoms with Crippen LogP contribution in [0.1, 0.15) is 5.69 Å². The lowest BCUT2D eigenvalue weighted by molar-refractivity contribution is -0.141. The van der Waals surface area contributed by atoms with Crippen LogP contribution in [0.4, 0.5) is 17.6 Å². The van der Waals surface area contributed by atoms with E-state index in [0.29, 0.717) is 23.1 Å². The monoisotopic (exact) mass is 429 g/mol. The van der Waals surface area contributed by atoms with Gasteiger partial charge in [0.1, 0.15) is 12.0 Å². The Hall–Kier alpha value is -2.98. The van der Waals surface area contributed by atoms with Gasteiger partial charge in [-0.2, -0.15) is 18.3 Å². The average molecular weight is 430 g/mol. The Morgan fingerprint density at radius 2 is 1.93 bits per heavy atom. The third-order valence-corrected chi connectivity index (χ3v) is 4.01. The van der Waals surface area contributed by atoms with Crippen molar-refractivity contribution in [1.82, 2.24) is 19.3 Å². The summed E-state index contributed by atoms with van der Waals surface area (Å²) in [6, 6.07) is 8.79. The van der Waals surface area contributed by atoms with Crippen LogP contribution >= 0.6 is 12.4 Å². The number of nitrogens with two attached hydrogens (primary N) is 1. The fourth-order valence-corrected chi connectivity index (χ4v) is 2.53. The third kappa shape index (κ3) is 4.90. The van der Waals surface area contributed by atoms with Gasteiger partial charge in [0.15, 0.2) is 0 Å². The molecule has 0 aliphatic carbocycles. The van der Waals surface area contributed by atoms with Gasteiger partial charge in [-0.1, -0.05) is 18.2 Å². The molecule has 11 heteroatoms. The quantitative estimate of drug-likeness (QED) is 0.631. The number of halogens is 5. The minimum atomic E-state index is -4.52. The van der Waals surface area contributed by atoms with Gasteiger partial charge in [0.05, 0.1) is 18.6 Å². The first-order valence-corrected chi connectivity index (χ1v) is 8.10. The van der Waals surface area contributed by atoms with E-state index in [1.165, 1.54) is 17.0 Å². The average Bonchev–Trinajstić information content (AvgIpc) is 3.06. The van der Waals surface area contributed by atoms with Crippen LogP contribution in [0.15, 0.2) is 65.6 Å². The van der Waals surface area contributed by atoms with Crippen molar-refractivity contribution in [3.8, 4) is 16.8 Å². The molecule has 0 saturated heterocycles. The summed E-state index contributed by atoms with van der Waals surface area (Å²) >= 11 is 0. The highest BCUT2D eigenvalue weighted by atomic mass is 35.5. The van der Waals surface area contributed by atoms with Crippen molar-refractivity contribution < 1.29 is 17.6 Å². The van der Waals surface area contributed by atoms with E-state index in [-0.39, 0.29) is 31.1 Å². The first-order chi connectivity index (χ1) is 13.3. The van der Waals surface area contributed by atoms with Crippen LogP contribution in [-0.4, -0.2) is 25.9 Å². The van der Waals surface area contributed by atoms with Gasteiger partial charge in [-0.3, -0.25) is 4.98 Å². The van der Waals surface area contributed by atoms with Crippen LogP contribution in [0.3, 0.4) is 0 Å². The molecule has 2 N–H and O–H groups in total. The standard InChI is InChI=1S/C18H15F4N5O.ClH/c19-7-12(8-23)10-27-17(28)26(11-25-27)15-3-1-2-13(6-15)14-4-5-16(24-9-14)18(20,21)22;/h1-7,9,11H,8,10,23H2;1H/b12-7+;. The SMILES string of the molecule is Cl.NC/C(=C\F)Cn1ncn(-c2cccc(-c3ccc(C(F)(F)F)nc3)c2)c1=O. The molecule has 0 spiro atoms. The molecule has 0 aliphatic heterocycles. The molecule has 3 rings (SSSR count). The number of nitrogens with zero attached hydrogens (tertiary/aromatic N) is 4. The van der Waals surface area contributed by atoms with Crippen molar-refractivity contribution in [2.75, 3.05) is 6.54 Å². The fourth-order valence-electron chi connectivity index (χ4n) is 2.53. The number of alkyl halides is 3. The van der Waals surface area contributed by atoms with Crippen molar-refractivity contribution in [3.05, 3.63) is 77.0 Å². The minimum Gasteiger partial charge on any atom is -0.327 e. The van der Waals surface area contributed by atoms with Gasteiger partial charge >= 0.3 is 11.9 Å². The predicted molar refractivity (Wildman–Crippen MR) is 102 cm³/mol. The van der Waals surface area contributed by atoms with Crippen molar-refractivity contribution in [3.63, 3.8) is 0 Å². The summed E-state index contributed by atoms with van der Waals surface area (Å²) in [4.78, 5) is 15.9. The number of benzene rings is 1. The van der Waals surface area contributed by atoms with Crippen molar-refractivity contribution in [2.24, 2.45) is 5.73 Å². The second-order valence-corrected chi connectivity index (χ2v) is 5.89. The predicted octanol–water partition coefficient (Wildman–Crippen LogP) is 3.35. The van der Waals surface area contributed by atoms with Gasteiger partial charge in [-0.15, -0.1) is 12.4 Å². The van der Waals surface area contributed by atoms with E-state index < -0.39 is 17.6 Å². The van der Waals surface area contributed by atoms with E-state index >= 15 is 0 Å². The van der Waals surface area contributed by atoms with Gasteiger partial charge in [0, 0.05) is 18.3 Å². The van der Waals surface area contributed by atoms with Gasteiger partial charge in [0.25, 0.3) is 0 Å². The zero-order valence-corrected chi connectivity index (χ0v) is 15.6. The Morgan fingerprint density at radius 1 is 1.17 bits per heavy atom. The van der Waals surface area contributed by atoms with Crippen LogP contribution in [0.5, 0.6) is 0 Å². The van der Waals surface area contributed by atoms with E-state index in [1.807, 2.05) is 0 Å². The van der Waals surface area contributed by atoms with Gasteiger partial charge in [-0.25, -0.2) is 18.4 Å². The van der Waals surface area contributed by atoms with Gasteiger partial charge in [-0.05, 0) is 29.3 Å². The zero-order chi connectivity index (χ0) is 20.3. The molecule has 0 aliphatic rings. The number of hydrogen-bond acceptors (Lipinski definition) is 4. The highest BCUT2D eigenvalue weighted by molar-refractivity contribution is 5.85. The third-order valence-electron chi connectivity index (χ3n) is 4.01. The van der Waals surface area contributed by atoms with E-state index in [1.54, 1.807) is 24.3 Å². The summed E-state index contributed by atoms with van der Waals surface area (Å²) in [6.45, 7) is -0.131. The lowest BCUT2D eigenvalue weighted by Crippen LogP contribution is -2.25. The Labute approximate surface area is 168 Å². The molecular formula is C18H16ClF4N5O. The maximum atomic E-state index is 12.7. The Bertz CT molecular complexity index is 1060. The van der Waals surface area contributed by atoms with E-state index in [0.717, 1.165) is 16.9 Å². The molecule has 2 aromatic heterocycles. The molecule has 2 heterocycles. The molecule has 154 valence electrons. The zero-order valence-electron chi connectivity index (χ0n) is 14.8. The molecule has 0 fully saturated rings. The maximum absolute atomic E-state index is 12.7. The van der Waals surface area contributed by atoms with Crippen LogP contribution in [0.25, 0.3) is 16.8 Å². The van der Waals surface area contributed by atoms with Crippen LogP contribution < -0.4 is 11.4 Å². The lowest BCUT2D eigenvalue weighted by atomic mass is 10.1. The van der Waals surface area contributed by atoms with Gasteiger partial charge < -0.3 is 5.73 Å². The molecule has 1 aromatic carbocycles. The summed E-state index contributed by atoms with van der Waals surface area (Å²) in [7, 11) is 0. The number of rotatable bonds is 5. The molecule has 0 unspecified atom stereocenters. The van der Waals surface area contributed by atoms with E-state index in [9.17, 15) is 22.4 Å². The molecule has 0 radical (unpaired) electrons. The first kappa shape index (κ1) is 22.3. The summed E-state index contributed by atoms with van der Waals surface area (Å²) in [5.74, 6) is 0. The minimum absolute atomic E-state index is 0. The highest BCUT2D eigenvalue weighted by Crippen LogP contribution is 2.29. The number of pyridine rings is 1. The maximum Gasteiger partial charge on any atom is 0.433 e. The largest absolute Gasteiger partial charge is 0.433 e. The second kappa shape index (κ2) is 9.01. The Morgan fingerprint density at radius 3 is 2.52 bits per heavy atom. The number of hydrogen-bond donors (Lipinski definition) is 1. The lowest BCUT2D eigenvalue weighted by Gasteiger charge is -2.08. The molecule has 0 bridgehead atoms. The summed E-state index contributed by atoms with van der Waals surface area (Å²) in [5.41, 5.74) is 5.59. The van der Waals surface area contributed by atoms with Crippen molar-refractivity contribution in [2.45, 2.75) is 12.7 Å². The molecule has 0 atom stereocenters. The summed E-state index contributed by atoms with van der Waals surface area (Å²) in [6.07, 6.45) is -1.78. The van der Waals surface area contributed by atoms with Gasteiger partial charge in [0.2, 0.25) is 0 Å². The molecule has 29 heavy (non-hydrogen) atoms. The molecule has 0 saturated carbocycles. The van der Waals surface area contributed by atoms with Crippen LogP contribution in [0.2, 0.25) is 0 Å². The van der Waals surface area contributed by atoms with Crippen LogP contribution in [-0.2, 0) is 12.7 Å². The normalized spacial score (nSPS) is 12.0. The summed E-state index contributed by atoms with van der Waals surface area (Å²) in [5, 5.41) is 3.94. The smallest absolute Gasteiger partial charge is 0.327 e. The fraction of sp³-hybridized carbons (Fsp3) is 0.167. The van der Waals surface area contributed by atoms with Crippen molar-refractivity contribution in [1.29, 1.82) is 0 Å². The van der Waals surface area contributed by atoms with Crippen LogP contribution in [0, 0.1) is 0 Å². The second-order valence-electron chi connectivity index (χ2n) is 5.89. The Kier molecular flexibility index (Phi) is 6.93. The Balaban J connectivity index is 0.00000300. The molecular weight excluding hydrogens is 414 g/mol. The van der Waals surface area contributed by atoms with E-state index in [2.05, 4.69) is 10.1 Å². The molecule has 6 nitrogen and oxygen atoms in total. The number of aromatic nitrogens is 4. The summed E-state index contributed by atoms with van der Waals surface area (Å²) < 4.78 is 52.9. The van der Waals surface area contributed by atoms with Crippen molar-refractivity contribution >= 4 is 12.4 Å². The highest BCUT2D eigenvalue weighted by Gasteiger charge is 2.32.